The Labute approximate surface area is 113 Å². The van der Waals surface area contributed by atoms with E-state index in [2.05, 4.69) is 0 Å². The average Bonchev–Trinajstić information content (AvgIpc) is 2.29. The third kappa shape index (κ3) is 3.56. The van der Waals surface area contributed by atoms with E-state index in [1.807, 2.05) is 4.72 Å². The molecule has 1 aromatic carbocycles. The van der Waals surface area contributed by atoms with Crippen molar-refractivity contribution in [3.63, 3.8) is 0 Å². The zero-order valence-electron chi connectivity index (χ0n) is 8.80. The fraction of sp³-hybridized carbons (Fsp3) is 0.222. The van der Waals surface area contributed by atoms with Gasteiger partial charge in [-0.3, -0.25) is 4.79 Å². The lowest BCUT2D eigenvalue weighted by atomic mass is 10.3. The van der Waals surface area contributed by atoms with Gasteiger partial charge in [0.1, 0.15) is 6.04 Å². The minimum absolute atomic E-state index is 0.0235. The highest BCUT2D eigenvalue weighted by Crippen LogP contribution is 2.24. The standard InChI is InChI=1S/C9H9Cl2NO5S/c10-6-2-1-5(3-7(6)11)18(16,17)12-8(4-13)9(14)15/h1-3,8,12-13H,4H2,(H,14,15). The molecule has 6 nitrogen and oxygen atoms in total. The van der Waals surface area contributed by atoms with Crippen molar-refractivity contribution in [1.82, 2.24) is 4.72 Å². The van der Waals surface area contributed by atoms with Crippen LogP contribution in [0.3, 0.4) is 0 Å². The summed E-state index contributed by atoms with van der Waals surface area (Å²) >= 11 is 11.3. The topological polar surface area (TPSA) is 104 Å². The molecule has 9 heteroatoms. The van der Waals surface area contributed by atoms with Crippen LogP contribution in [0, 0.1) is 0 Å². The van der Waals surface area contributed by atoms with Crippen LogP contribution in [0.1, 0.15) is 0 Å². The number of carboxylic acid groups (broad SMARTS) is 1. The van der Waals surface area contributed by atoms with Gasteiger partial charge in [0.2, 0.25) is 10.0 Å². The number of hydrogen-bond acceptors (Lipinski definition) is 4. The van der Waals surface area contributed by atoms with Crippen molar-refractivity contribution >= 4 is 39.2 Å². The summed E-state index contributed by atoms with van der Waals surface area (Å²) < 4.78 is 25.4. The molecule has 0 amide bonds. The smallest absolute Gasteiger partial charge is 0.324 e. The summed E-state index contributed by atoms with van der Waals surface area (Å²) in [5, 5.41) is 17.6. The van der Waals surface area contributed by atoms with E-state index in [-0.39, 0.29) is 14.9 Å². The van der Waals surface area contributed by atoms with Gasteiger partial charge < -0.3 is 10.2 Å². The van der Waals surface area contributed by atoms with E-state index in [0.29, 0.717) is 0 Å². The lowest BCUT2D eigenvalue weighted by Gasteiger charge is -2.12. The molecule has 0 bridgehead atoms. The highest BCUT2D eigenvalue weighted by molar-refractivity contribution is 7.89. The second kappa shape index (κ2) is 5.85. The molecular formula is C9H9Cl2NO5S. The number of aliphatic hydroxyl groups is 1. The van der Waals surface area contributed by atoms with E-state index in [1.54, 1.807) is 0 Å². The van der Waals surface area contributed by atoms with Gasteiger partial charge in [0, 0.05) is 0 Å². The monoisotopic (exact) mass is 313 g/mol. The molecule has 0 aliphatic rings. The van der Waals surface area contributed by atoms with E-state index in [1.165, 1.54) is 12.1 Å². The predicted octanol–water partition coefficient (Wildman–Crippen LogP) is 0.717. The molecule has 0 saturated carbocycles. The minimum Gasteiger partial charge on any atom is -0.480 e. The lowest BCUT2D eigenvalue weighted by Crippen LogP contribution is -2.43. The van der Waals surface area contributed by atoms with Crippen LogP contribution in [0.15, 0.2) is 23.1 Å². The Morgan fingerprint density at radius 3 is 2.39 bits per heavy atom. The fourth-order valence-corrected chi connectivity index (χ4v) is 2.63. The molecule has 0 aliphatic carbocycles. The molecule has 0 heterocycles. The Morgan fingerprint density at radius 2 is 1.94 bits per heavy atom. The summed E-state index contributed by atoms with van der Waals surface area (Å²) in [6.07, 6.45) is 0. The third-order valence-electron chi connectivity index (χ3n) is 1.98. The zero-order chi connectivity index (χ0) is 13.9. The Balaban J connectivity index is 3.06. The Kier molecular flexibility index (Phi) is 4.94. The first-order valence-corrected chi connectivity index (χ1v) is 6.83. The largest absolute Gasteiger partial charge is 0.480 e. The molecule has 1 unspecified atom stereocenters. The van der Waals surface area contributed by atoms with E-state index in [0.717, 1.165) is 6.07 Å². The molecule has 1 atom stereocenters. The van der Waals surface area contributed by atoms with Gasteiger partial charge in [-0.05, 0) is 18.2 Å². The molecule has 18 heavy (non-hydrogen) atoms. The summed E-state index contributed by atoms with van der Waals surface area (Å²) in [6.45, 7) is -0.865. The van der Waals surface area contributed by atoms with E-state index >= 15 is 0 Å². The van der Waals surface area contributed by atoms with Crippen LogP contribution in [0.4, 0.5) is 0 Å². The maximum absolute atomic E-state index is 11.8. The normalized spacial score (nSPS) is 13.3. The molecule has 1 rings (SSSR count). The van der Waals surface area contributed by atoms with Gasteiger partial charge in [0.25, 0.3) is 0 Å². The number of rotatable bonds is 5. The fourth-order valence-electron chi connectivity index (χ4n) is 1.07. The molecule has 0 saturated heterocycles. The Hall–Kier alpha value is -0.860. The lowest BCUT2D eigenvalue weighted by molar-refractivity contribution is -0.139. The van der Waals surface area contributed by atoms with Crippen molar-refractivity contribution in [1.29, 1.82) is 0 Å². The summed E-state index contributed by atoms with van der Waals surface area (Å²) in [4.78, 5) is 10.4. The number of hydrogen-bond donors (Lipinski definition) is 3. The van der Waals surface area contributed by atoms with Gasteiger partial charge in [0.05, 0.1) is 21.5 Å². The minimum atomic E-state index is -4.09. The number of aliphatic hydroxyl groups excluding tert-OH is 1. The Bertz CT molecular complexity index is 560. The van der Waals surface area contributed by atoms with Crippen molar-refractivity contribution in [2.45, 2.75) is 10.9 Å². The van der Waals surface area contributed by atoms with E-state index < -0.39 is 28.6 Å². The van der Waals surface area contributed by atoms with Crippen LogP contribution < -0.4 is 4.72 Å². The van der Waals surface area contributed by atoms with Gasteiger partial charge >= 0.3 is 5.97 Å². The van der Waals surface area contributed by atoms with Gasteiger partial charge in [-0.1, -0.05) is 23.2 Å². The number of carboxylic acids is 1. The third-order valence-corrected chi connectivity index (χ3v) is 4.19. The highest BCUT2D eigenvalue weighted by atomic mass is 35.5. The number of halogens is 2. The summed E-state index contributed by atoms with van der Waals surface area (Å²) in [5.74, 6) is -1.49. The molecule has 0 aromatic heterocycles. The van der Waals surface area contributed by atoms with E-state index in [9.17, 15) is 13.2 Å². The summed E-state index contributed by atoms with van der Waals surface area (Å²) in [7, 11) is -4.09. The second-order valence-electron chi connectivity index (χ2n) is 3.27. The first-order chi connectivity index (χ1) is 8.27. The van der Waals surface area contributed by atoms with Gasteiger partial charge in [-0.15, -0.1) is 0 Å². The van der Waals surface area contributed by atoms with Crippen molar-refractivity contribution < 1.29 is 23.4 Å². The van der Waals surface area contributed by atoms with E-state index in [4.69, 9.17) is 33.4 Å². The summed E-state index contributed by atoms with van der Waals surface area (Å²) in [5.41, 5.74) is 0. The number of carbonyl (C=O) groups is 1. The van der Waals surface area contributed by atoms with Crippen LogP contribution in [0.2, 0.25) is 10.0 Å². The van der Waals surface area contributed by atoms with Gasteiger partial charge in [-0.25, -0.2) is 8.42 Å². The first-order valence-electron chi connectivity index (χ1n) is 4.59. The van der Waals surface area contributed by atoms with Crippen molar-refractivity contribution in [2.24, 2.45) is 0 Å². The van der Waals surface area contributed by atoms with Crippen molar-refractivity contribution in [3.8, 4) is 0 Å². The molecule has 0 aliphatic heterocycles. The maximum Gasteiger partial charge on any atom is 0.324 e. The van der Waals surface area contributed by atoms with Gasteiger partial charge in [0.15, 0.2) is 0 Å². The zero-order valence-corrected chi connectivity index (χ0v) is 11.1. The Morgan fingerprint density at radius 1 is 1.33 bits per heavy atom. The van der Waals surface area contributed by atoms with Gasteiger partial charge in [-0.2, -0.15) is 4.72 Å². The van der Waals surface area contributed by atoms with Crippen molar-refractivity contribution in [3.05, 3.63) is 28.2 Å². The molecule has 100 valence electrons. The van der Waals surface area contributed by atoms with Crippen LogP contribution in [0.25, 0.3) is 0 Å². The highest BCUT2D eigenvalue weighted by Gasteiger charge is 2.25. The number of nitrogens with one attached hydrogen (secondary N) is 1. The number of sulfonamides is 1. The number of aliphatic carboxylic acids is 1. The molecule has 1 aromatic rings. The maximum atomic E-state index is 11.8. The molecule has 0 fully saturated rings. The molecule has 0 spiro atoms. The van der Waals surface area contributed by atoms with Crippen LogP contribution in [-0.2, 0) is 14.8 Å². The van der Waals surface area contributed by atoms with Crippen LogP contribution in [-0.4, -0.2) is 37.2 Å². The van der Waals surface area contributed by atoms with Crippen LogP contribution >= 0.6 is 23.2 Å². The van der Waals surface area contributed by atoms with Crippen LogP contribution in [0.5, 0.6) is 0 Å². The molecular weight excluding hydrogens is 305 g/mol. The molecule has 3 N–H and O–H groups in total. The SMILES string of the molecule is O=C(O)C(CO)NS(=O)(=O)c1ccc(Cl)c(Cl)c1. The second-order valence-corrected chi connectivity index (χ2v) is 5.80. The number of benzene rings is 1. The predicted molar refractivity (Wildman–Crippen MR) is 65.3 cm³/mol. The van der Waals surface area contributed by atoms with Crippen molar-refractivity contribution in [2.75, 3.05) is 6.61 Å². The average molecular weight is 314 g/mol. The molecule has 0 radical (unpaired) electrons. The summed E-state index contributed by atoms with van der Waals surface area (Å²) in [6, 6.07) is 1.91. The quantitative estimate of drug-likeness (QED) is 0.743. The first kappa shape index (κ1) is 15.2.